The monoisotopic (exact) mass is 238 g/mol. The van der Waals surface area contributed by atoms with Gasteiger partial charge in [0.15, 0.2) is 0 Å². The van der Waals surface area contributed by atoms with E-state index in [1.807, 2.05) is 0 Å². The molecule has 1 heterocycles. The van der Waals surface area contributed by atoms with Crippen LogP contribution in [0.4, 0.5) is 0 Å². The Labute approximate surface area is 105 Å². The second-order valence-electron chi connectivity index (χ2n) is 5.17. The van der Waals surface area contributed by atoms with Gasteiger partial charge in [-0.15, -0.1) is 0 Å². The van der Waals surface area contributed by atoms with Crippen LogP contribution in [-0.2, 0) is 19.5 Å². The summed E-state index contributed by atoms with van der Waals surface area (Å²) in [6.07, 6.45) is 0.990. The van der Waals surface area contributed by atoms with E-state index >= 15 is 0 Å². The average Bonchev–Trinajstić information content (AvgIpc) is 2.71. The van der Waals surface area contributed by atoms with Gasteiger partial charge in [-0.25, -0.2) is 0 Å². The van der Waals surface area contributed by atoms with E-state index in [9.17, 15) is 0 Å². The molecule has 0 aliphatic carbocycles. The van der Waals surface area contributed by atoms with Crippen LogP contribution in [0.25, 0.3) is 0 Å². The number of aromatic nitrogens is 2. The van der Waals surface area contributed by atoms with Crippen molar-refractivity contribution in [3.05, 3.63) is 17.5 Å². The van der Waals surface area contributed by atoms with Crippen LogP contribution in [0.2, 0.25) is 0 Å². The van der Waals surface area contributed by atoms with E-state index in [0.717, 1.165) is 19.5 Å². The zero-order chi connectivity index (χ0) is 13.1. The molecule has 1 aromatic rings. The van der Waals surface area contributed by atoms with Crippen LogP contribution in [0.15, 0.2) is 6.07 Å². The van der Waals surface area contributed by atoms with Crippen molar-refractivity contribution in [2.75, 3.05) is 13.6 Å². The highest BCUT2D eigenvalue weighted by atomic mass is 15.3. The van der Waals surface area contributed by atoms with Crippen LogP contribution < -0.4 is 5.73 Å². The van der Waals surface area contributed by atoms with Gasteiger partial charge in [-0.3, -0.25) is 9.58 Å². The Morgan fingerprint density at radius 3 is 2.53 bits per heavy atom. The summed E-state index contributed by atoms with van der Waals surface area (Å²) >= 11 is 0. The van der Waals surface area contributed by atoms with Gasteiger partial charge in [-0.05, 0) is 40.3 Å². The van der Waals surface area contributed by atoms with Crippen molar-refractivity contribution < 1.29 is 0 Å². The molecule has 0 bridgehead atoms. The highest BCUT2D eigenvalue weighted by molar-refractivity contribution is 5.11. The van der Waals surface area contributed by atoms with Crippen LogP contribution in [0.3, 0.4) is 0 Å². The maximum Gasteiger partial charge on any atom is 0.0625 e. The van der Waals surface area contributed by atoms with Gasteiger partial charge >= 0.3 is 0 Å². The Hall–Kier alpha value is -0.870. The number of aryl methyl sites for hydroxylation is 2. The van der Waals surface area contributed by atoms with Crippen molar-refractivity contribution in [3.63, 3.8) is 0 Å². The minimum atomic E-state index is 0.0230. The first-order chi connectivity index (χ1) is 7.94. The average molecular weight is 238 g/mol. The fraction of sp³-hybridized carbons (Fsp3) is 0.769. The van der Waals surface area contributed by atoms with E-state index in [1.165, 1.54) is 11.4 Å². The molecule has 0 saturated carbocycles. The van der Waals surface area contributed by atoms with Gasteiger partial charge in [-0.2, -0.15) is 5.10 Å². The summed E-state index contributed by atoms with van der Waals surface area (Å²) in [6, 6.07) is 2.20. The van der Waals surface area contributed by atoms with Crippen LogP contribution in [0.5, 0.6) is 0 Å². The van der Waals surface area contributed by atoms with Crippen molar-refractivity contribution >= 4 is 0 Å². The molecule has 0 amide bonds. The summed E-state index contributed by atoms with van der Waals surface area (Å²) in [5.74, 6) is 0. The molecule has 1 rings (SSSR count). The van der Waals surface area contributed by atoms with Gasteiger partial charge in [-0.1, -0.05) is 6.92 Å². The van der Waals surface area contributed by atoms with Crippen LogP contribution in [0, 0.1) is 0 Å². The lowest BCUT2D eigenvalue weighted by Crippen LogP contribution is -2.46. The highest BCUT2D eigenvalue weighted by Crippen LogP contribution is 2.15. The van der Waals surface area contributed by atoms with Crippen molar-refractivity contribution in [3.8, 4) is 0 Å². The van der Waals surface area contributed by atoms with Gasteiger partial charge in [0.2, 0.25) is 0 Å². The molecule has 0 unspecified atom stereocenters. The summed E-state index contributed by atoms with van der Waals surface area (Å²) < 4.78 is 2.09. The van der Waals surface area contributed by atoms with Gasteiger partial charge in [0.1, 0.15) is 0 Å². The fourth-order valence-electron chi connectivity index (χ4n) is 1.70. The molecule has 0 aliphatic rings. The Morgan fingerprint density at radius 1 is 1.41 bits per heavy atom. The van der Waals surface area contributed by atoms with E-state index in [0.29, 0.717) is 6.54 Å². The standard InChI is InChI=1S/C13H26N4/c1-6-11-8-12(17(7-2)15-11)9-16(5)13(3,4)10-14/h8H,6-7,9-10,14H2,1-5H3. The molecule has 0 atom stereocenters. The molecule has 0 aliphatic heterocycles. The smallest absolute Gasteiger partial charge is 0.0625 e. The van der Waals surface area contributed by atoms with E-state index in [4.69, 9.17) is 5.73 Å². The molecule has 98 valence electrons. The molecular weight excluding hydrogens is 212 g/mol. The van der Waals surface area contributed by atoms with Crippen LogP contribution in [-0.4, -0.2) is 33.8 Å². The maximum absolute atomic E-state index is 5.80. The first-order valence-corrected chi connectivity index (χ1v) is 6.41. The molecule has 0 aromatic carbocycles. The lowest BCUT2D eigenvalue weighted by molar-refractivity contribution is 0.151. The number of nitrogens with two attached hydrogens (primary N) is 1. The lowest BCUT2D eigenvalue weighted by Gasteiger charge is -2.34. The number of hydrogen-bond donors (Lipinski definition) is 1. The molecule has 4 nitrogen and oxygen atoms in total. The normalized spacial score (nSPS) is 12.4. The van der Waals surface area contributed by atoms with Gasteiger partial charge in [0.25, 0.3) is 0 Å². The molecular formula is C13H26N4. The third kappa shape index (κ3) is 3.30. The predicted molar refractivity (Wildman–Crippen MR) is 71.9 cm³/mol. The molecule has 1 aromatic heterocycles. The van der Waals surface area contributed by atoms with Crippen molar-refractivity contribution in [1.29, 1.82) is 0 Å². The molecule has 0 saturated heterocycles. The zero-order valence-corrected chi connectivity index (χ0v) is 11.8. The first kappa shape index (κ1) is 14.2. The molecule has 2 N–H and O–H groups in total. The van der Waals surface area contributed by atoms with Crippen molar-refractivity contribution in [2.24, 2.45) is 5.73 Å². The van der Waals surface area contributed by atoms with Crippen molar-refractivity contribution in [1.82, 2.24) is 14.7 Å². The Morgan fingerprint density at radius 2 is 2.06 bits per heavy atom. The van der Waals surface area contributed by atoms with Gasteiger partial charge in [0.05, 0.1) is 11.4 Å². The minimum absolute atomic E-state index is 0.0230. The topological polar surface area (TPSA) is 47.1 Å². The molecule has 0 radical (unpaired) electrons. The first-order valence-electron chi connectivity index (χ1n) is 6.41. The minimum Gasteiger partial charge on any atom is -0.329 e. The van der Waals surface area contributed by atoms with Crippen LogP contribution in [0.1, 0.15) is 39.1 Å². The Balaban J connectivity index is 2.83. The summed E-state index contributed by atoms with van der Waals surface area (Å²) in [5, 5.41) is 4.57. The molecule has 4 heteroatoms. The SMILES string of the molecule is CCc1cc(CN(C)C(C)(C)CN)n(CC)n1. The quantitative estimate of drug-likeness (QED) is 0.819. The summed E-state index contributed by atoms with van der Waals surface area (Å²) in [6.45, 7) is 11.1. The predicted octanol–water partition coefficient (Wildman–Crippen LogP) is 1.63. The van der Waals surface area contributed by atoms with Crippen molar-refractivity contribution in [2.45, 2.75) is 52.7 Å². The Kier molecular flexibility index (Phi) is 4.71. The summed E-state index contributed by atoms with van der Waals surface area (Å²) in [7, 11) is 2.12. The summed E-state index contributed by atoms with van der Waals surface area (Å²) in [4.78, 5) is 2.29. The molecule has 17 heavy (non-hydrogen) atoms. The second kappa shape index (κ2) is 5.65. The number of nitrogens with zero attached hydrogens (tertiary/aromatic N) is 3. The highest BCUT2D eigenvalue weighted by Gasteiger charge is 2.22. The van der Waals surface area contributed by atoms with E-state index < -0.39 is 0 Å². The van der Waals surface area contributed by atoms with Crippen LogP contribution >= 0.6 is 0 Å². The van der Waals surface area contributed by atoms with Gasteiger partial charge in [0, 0.05) is 25.2 Å². The maximum atomic E-state index is 5.80. The zero-order valence-electron chi connectivity index (χ0n) is 11.8. The fourth-order valence-corrected chi connectivity index (χ4v) is 1.70. The van der Waals surface area contributed by atoms with E-state index in [2.05, 4.69) is 55.5 Å². The van der Waals surface area contributed by atoms with E-state index in [1.54, 1.807) is 0 Å². The van der Waals surface area contributed by atoms with E-state index in [-0.39, 0.29) is 5.54 Å². The third-order valence-electron chi connectivity index (χ3n) is 3.51. The second-order valence-corrected chi connectivity index (χ2v) is 5.17. The molecule has 0 spiro atoms. The lowest BCUT2D eigenvalue weighted by atomic mass is 10.0. The summed E-state index contributed by atoms with van der Waals surface area (Å²) in [5.41, 5.74) is 8.26. The number of hydrogen-bond acceptors (Lipinski definition) is 3. The largest absolute Gasteiger partial charge is 0.329 e. The Bertz CT molecular complexity index is 354. The number of rotatable bonds is 6. The van der Waals surface area contributed by atoms with Gasteiger partial charge < -0.3 is 5.73 Å². The third-order valence-corrected chi connectivity index (χ3v) is 3.51. The molecule has 0 fully saturated rings. The number of likely N-dealkylation sites (N-methyl/N-ethyl adjacent to an activating group) is 1.